The molecule has 1 N–H and O–H groups in total. The Morgan fingerprint density at radius 3 is 2.38 bits per heavy atom. The van der Waals surface area contributed by atoms with Gasteiger partial charge in [0.15, 0.2) is 5.69 Å². The Balaban J connectivity index is 1.86. The number of aromatic nitrogens is 5. The zero-order valence-corrected chi connectivity index (χ0v) is 18.8. The topological polar surface area (TPSA) is 77.2 Å². The molecule has 0 radical (unpaired) electrons. The van der Waals surface area contributed by atoms with Gasteiger partial charge in [0.2, 0.25) is 0 Å². The molecule has 174 valence electrons. The number of fused-ring (bicyclic) bond motifs is 2. The molecule has 0 spiro atoms. The molecule has 0 aliphatic heterocycles. The molecule has 0 saturated heterocycles. The molecule has 0 bridgehead atoms. The molecule has 7 nitrogen and oxygen atoms in total. The molecule has 0 unspecified atom stereocenters. The van der Waals surface area contributed by atoms with Crippen molar-refractivity contribution in [3.63, 3.8) is 0 Å². The molecule has 0 aliphatic rings. The van der Waals surface area contributed by atoms with E-state index in [1.807, 2.05) is 19.1 Å². The van der Waals surface area contributed by atoms with Crippen LogP contribution in [0.15, 0.2) is 47.3 Å². The zero-order chi connectivity index (χ0) is 24.4. The highest BCUT2D eigenvalue weighted by Gasteiger charge is 2.39. The number of hydrogen-bond acceptors (Lipinski definition) is 4. The van der Waals surface area contributed by atoms with Gasteiger partial charge < -0.3 is 14.3 Å². The average molecular weight is 467 g/mol. The second-order valence-corrected chi connectivity index (χ2v) is 8.06. The molecule has 34 heavy (non-hydrogen) atoms. The summed E-state index contributed by atoms with van der Waals surface area (Å²) in [6.07, 6.45) is -4.76. The van der Waals surface area contributed by atoms with Gasteiger partial charge in [-0.05, 0) is 31.0 Å². The molecule has 5 aromatic rings. The van der Waals surface area contributed by atoms with Gasteiger partial charge in [-0.3, -0.25) is 4.79 Å². The summed E-state index contributed by atoms with van der Waals surface area (Å²) in [6.45, 7) is 3.52. The number of aromatic amines is 1. The Labute approximate surface area is 191 Å². The van der Waals surface area contributed by atoms with Crippen molar-refractivity contribution in [2.24, 2.45) is 7.05 Å². The fourth-order valence-corrected chi connectivity index (χ4v) is 4.38. The van der Waals surface area contributed by atoms with E-state index in [9.17, 15) is 18.0 Å². The summed E-state index contributed by atoms with van der Waals surface area (Å²) in [7, 11) is 3.28. The number of hydrogen-bond donors (Lipinski definition) is 1. The molecule has 0 saturated carbocycles. The zero-order valence-electron chi connectivity index (χ0n) is 18.8. The molecule has 0 amide bonds. The van der Waals surface area contributed by atoms with Crippen LogP contribution in [0, 0.1) is 13.8 Å². The normalized spacial score (nSPS) is 12.1. The highest BCUT2D eigenvalue weighted by atomic mass is 19.4. The third kappa shape index (κ3) is 3.09. The predicted octanol–water partition coefficient (Wildman–Crippen LogP) is 4.89. The molecular formula is C24H20F3N5O2. The highest BCUT2D eigenvalue weighted by molar-refractivity contribution is 5.88. The van der Waals surface area contributed by atoms with E-state index >= 15 is 0 Å². The number of H-pyrrole nitrogens is 1. The van der Waals surface area contributed by atoms with Crippen LogP contribution in [0.5, 0.6) is 5.75 Å². The minimum absolute atomic E-state index is 0.0306. The van der Waals surface area contributed by atoms with E-state index in [1.54, 1.807) is 56.0 Å². The van der Waals surface area contributed by atoms with E-state index < -0.39 is 17.4 Å². The minimum Gasteiger partial charge on any atom is -0.494 e. The summed E-state index contributed by atoms with van der Waals surface area (Å²) in [5, 5.41) is 3.70. The number of halogens is 3. The Morgan fingerprint density at radius 1 is 1.03 bits per heavy atom. The average Bonchev–Trinajstić information content (AvgIpc) is 3.33. The lowest BCUT2D eigenvalue weighted by Crippen LogP contribution is -2.21. The van der Waals surface area contributed by atoms with Crippen molar-refractivity contribution < 1.29 is 17.9 Å². The highest BCUT2D eigenvalue weighted by Crippen LogP contribution is 2.39. The van der Waals surface area contributed by atoms with Gasteiger partial charge in [0.1, 0.15) is 28.3 Å². The summed E-state index contributed by atoms with van der Waals surface area (Å²) >= 11 is 0. The Hall–Kier alpha value is -4.08. The van der Waals surface area contributed by atoms with Crippen LogP contribution >= 0.6 is 0 Å². The van der Waals surface area contributed by atoms with Gasteiger partial charge in [0.25, 0.3) is 5.56 Å². The lowest BCUT2D eigenvalue weighted by atomic mass is 10.1. The maximum absolute atomic E-state index is 13.9. The summed E-state index contributed by atoms with van der Waals surface area (Å²) < 4.78 is 49.8. The SMILES string of the molecule is COc1c(C)ccc2nc(-c3c(C)[nH]c4c(-c5ccccc5)c(C(F)(F)F)nn4c3=O)n(C)c12. The van der Waals surface area contributed by atoms with Crippen molar-refractivity contribution in [1.29, 1.82) is 0 Å². The van der Waals surface area contributed by atoms with Crippen molar-refractivity contribution in [2.45, 2.75) is 20.0 Å². The number of aryl methyl sites for hydroxylation is 3. The number of nitrogens with zero attached hydrogens (tertiary/aromatic N) is 4. The van der Waals surface area contributed by atoms with Crippen molar-refractivity contribution in [3.8, 4) is 28.3 Å². The first kappa shape index (κ1) is 21.7. The smallest absolute Gasteiger partial charge is 0.435 e. The van der Waals surface area contributed by atoms with Crippen molar-refractivity contribution in [2.75, 3.05) is 7.11 Å². The maximum Gasteiger partial charge on any atom is 0.435 e. The number of benzene rings is 2. The lowest BCUT2D eigenvalue weighted by molar-refractivity contribution is -0.140. The van der Waals surface area contributed by atoms with Crippen LogP contribution in [-0.2, 0) is 13.2 Å². The summed E-state index contributed by atoms with van der Waals surface area (Å²) in [5.41, 5.74) is 0.922. The van der Waals surface area contributed by atoms with Gasteiger partial charge in [-0.1, -0.05) is 36.4 Å². The van der Waals surface area contributed by atoms with E-state index in [-0.39, 0.29) is 16.8 Å². The van der Waals surface area contributed by atoms with Crippen molar-refractivity contribution >= 4 is 16.7 Å². The van der Waals surface area contributed by atoms with Crippen LogP contribution < -0.4 is 10.3 Å². The molecular weight excluding hydrogens is 447 g/mol. The monoisotopic (exact) mass is 467 g/mol. The quantitative estimate of drug-likeness (QED) is 0.410. The summed E-state index contributed by atoms with van der Waals surface area (Å²) in [5.74, 6) is 0.906. The number of methoxy groups -OCH3 is 1. The summed E-state index contributed by atoms with van der Waals surface area (Å²) in [4.78, 5) is 21.1. The van der Waals surface area contributed by atoms with Gasteiger partial charge in [-0.15, -0.1) is 0 Å². The first-order valence-electron chi connectivity index (χ1n) is 10.4. The van der Waals surface area contributed by atoms with Gasteiger partial charge in [-0.2, -0.15) is 22.8 Å². The number of imidazole rings is 1. The first-order chi connectivity index (χ1) is 16.1. The van der Waals surface area contributed by atoms with E-state index in [4.69, 9.17) is 4.74 Å². The van der Waals surface area contributed by atoms with Gasteiger partial charge in [0, 0.05) is 12.7 Å². The third-order valence-electron chi connectivity index (χ3n) is 5.92. The van der Waals surface area contributed by atoms with Crippen LogP contribution in [0.4, 0.5) is 13.2 Å². The Bertz CT molecular complexity index is 1630. The number of alkyl halides is 3. The molecule has 10 heteroatoms. The van der Waals surface area contributed by atoms with E-state index in [0.717, 1.165) is 10.1 Å². The van der Waals surface area contributed by atoms with Crippen molar-refractivity contribution in [1.82, 2.24) is 24.1 Å². The Morgan fingerprint density at radius 2 is 1.74 bits per heavy atom. The molecule has 0 atom stereocenters. The van der Waals surface area contributed by atoms with E-state index in [2.05, 4.69) is 15.1 Å². The fourth-order valence-electron chi connectivity index (χ4n) is 4.38. The van der Waals surface area contributed by atoms with Crippen LogP contribution in [0.25, 0.3) is 39.2 Å². The molecule has 0 aliphatic carbocycles. The number of nitrogens with one attached hydrogen (secondary N) is 1. The van der Waals surface area contributed by atoms with Crippen LogP contribution in [0.1, 0.15) is 17.0 Å². The Kier molecular flexibility index (Phi) is 4.78. The van der Waals surface area contributed by atoms with E-state index in [1.165, 1.54) is 0 Å². The van der Waals surface area contributed by atoms with Crippen LogP contribution in [-0.4, -0.2) is 31.3 Å². The lowest BCUT2D eigenvalue weighted by Gasteiger charge is -2.10. The van der Waals surface area contributed by atoms with Crippen molar-refractivity contribution in [3.05, 3.63) is 69.8 Å². The molecule has 3 aromatic heterocycles. The third-order valence-corrected chi connectivity index (χ3v) is 5.92. The van der Waals surface area contributed by atoms with Crippen LogP contribution in [0.2, 0.25) is 0 Å². The predicted molar refractivity (Wildman–Crippen MR) is 122 cm³/mol. The second kappa shape index (κ2) is 7.47. The van der Waals surface area contributed by atoms with Crippen LogP contribution in [0.3, 0.4) is 0 Å². The van der Waals surface area contributed by atoms with Gasteiger partial charge in [-0.25, -0.2) is 4.98 Å². The number of rotatable bonds is 3. The van der Waals surface area contributed by atoms with E-state index in [0.29, 0.717) is 33.9 Å². The largest absolute Gasteiger partial charge is 0.494 e. The molecule has 0 fully saturated rings. The maximum atomic E-state index is 13.9. The summed E-state index contributed by atoms with van der Waals surface area (Å²) in [6, 6.07) is 11.7. The van der Waals surface area contributed by atoms with Gasteiger partial charge in [0.05, 0.1) is 18.2 Å². The number of ether oxygens (including phenoxy) is 1. The fraction of sp³-hybridized carbons (Fsp3) is 0.208. The minimum atomic E-state index is -4.76. The molecule has 2 aromatic carbocycles. The first-order valence-corrected chi connectivity index (χ1v) is 10.4. The molecule has 3 heterocycles. The standard InChI is InChI=1S/C24H20F3N5O2/c1-12-10-11-15-18(19(12)34-4)31(3)21(29-15)16-13(2)28-22-17(14-8-6-5-7-9-14)20(24(25,26)27)30-32(22)23(16)33/h5-11,28H,1-4H3. The second-order valence-electron chi connectivity index (χ2n) is 8.06. The van der Waals surface area contributed by atoms with Gasteiger partial charge >= 0.3 is 6.18 Å². The molecule has 5 rings (SSSR count).